The third-order valence-electron chi connectivity index (χ3n) is 5.18. The number of nitrogens with zero attached hydrogens (tertiary/aromatic N) is 3. The van der Waals surface area contributed by atoms with Crippen molar-refractivity contribution in [3.05, 3.63) is 57.2 Å². The molecule has 3 rings (SSSR count). The lowest BCUT2D eigenvalue weighted by molar-refractivity contribution is 0.587. The quantitative estimate of drug-likeness (QED) is 0.304. The Morgan fingerprint density at radius 3 is 2.31 bits per heavy atom. The van der Waals surface area contributed by atoms with Crippen LogP contribution in [0.1, 0.15) is 67.3 Å². The molecule has 1 aromatic heterocycles. The molecular formula is C25H30BrN3. The van der Waals surface area contributed by atoms with Crippen LogP contribution < -0.4 is 0 Å². The molecule has 0 fully saturated rings. The van der Waals surface area contributed by atoms with Gasteiger partial charge in [-0.05, 0) is 82.9 Å². The van der Waals surface area contributed by atoms with Gasteiger partial charge in [0, 0.05) is 19.7 Å². The van der Waals surface area contributed by atoms with Crippen molar-refractivity contribution in [3.63, 3.8) is 0 Å². The Balaban J connectivity index is 1.81. The van der Waals surface area contributed by atoms with Crippen molar-refractivity contribution in [2.24, 2.45) is 4.99 Å². The topological polar surface area (TPSA) is 28.5 Å². The van der Waals surface area contributed by atoms with Crippen LogP contribution in [0, 0.1) is 11.8 Å². The van der Waals surface area contributed by atoms with E-state index in [0.717, 1.165) is 15.7 Å². The first-order chi connectivity index (χ1) is 14.1. The molecule has 0 bridgehead atoms. The molecule has 1 aromatic carbocycles. The van der Waals surface area contributed by atoms with Crippen molar-refractivity contribution in [1.29, 1.82) is 0 Å². The van der Waals surface area contributed by atoms with Crippen molar-refractivity contribution in [1.82, 2.24) is 9.88 Å². The van der Waals surface area contributed by atoms with Gasteiger partial charge < -0.3 is 4.90 Å². The van der Waals surface area contributed by atoms with Crippen LogP contribution in [0.5, 0.6) is 0 Å². The summed E-state index contributed by atoms with van der Waals surface area (Å²) in [5.74, 6) is 7.20. The van der Waals surface area contributed by atoms with E-state index in [9.17, 15) is 0 Å². The van der Waals surface area contributed by atoms with Gasteiger partial charge in [-0.25, -0.2) is 9.98 Å². The summed E-state index contributed by atoms with van der Waals surface area (Å²) in [6.45, 7) is 0. The first kappa shape index (κ1) is 21.6. The van der Waals surface area contributed by atoms with Gasteiger partial charge in [0.25, 0.3) is 0 Å². The normalized spacial score (nSPS) is 15.1. The molecule has 0 N–H and O–H groups in total. The zero-order valence-electron chi connectivity index (χ0n) is 17.5. The molecule has 1 aliphatic carbocycles. The Hall–Kier alpha value is -2.12. The van der Waals surface area contributed by atoms with E-state index in [1.165, 1.54) is 68.9 Å². The summed E-state index contributed by atoms with van der Waals surface area (Å²) >= 11 is 3.56. The SMILES string of the molecule is CN(C)C=Nc1ccc(Br)c(C#Cc2ccc3c(c2)CCCCCCCCC3)n1. The number of hydrogen-bond acceptors (Lipinski definition) is 2. The van der Waals surface area contributed by atoms with Crippen LogP contribution >= 0.6 is 15.9 Å². The third kappa shape index (κ3) is 7.01. The molecule has 4 heteroatoms. The molecule has 0 unspecified atom stereocenters. The molecule has 0 amide bonds. The highest BCUT2D eigenvalue weighted by Crippen LogP contribution is 2.21. The maximum atomic E-state index is 4.56. The van der Waals surface area contributed by atoms with Crippen LogP contribution in [-0.2, 0) is 12.8 Å². The van der Waals surface area contributed by atoms with Crippen LogP contribution in [0.15, 0.2) is 39.8 Å². The van der Waals surface area contributed by atoms with Gasteiger partial charge in [0.2, 0.25) is 0 Å². The van der Waals surface area contributed by atoms with Crippen LogP contribution in [0.3, 0.4) is 0 Å². The monoisotopic (exact) mass is 451 g/mol. The number of rotatable bonds is 2. The lowest BCUT2D eigenvalue weighted by Gasteiger charge is -2.09. The lowest BCUT2D eigenvalue weighted by Crippen LogP contribution is -2.07. The molecule has 29 heavy (non-hydrogen) atoms. The van der Waals surface area contributed by atoms with E-state index in [1.807, 2.05) is 31.1 Å². The van der Waals surface area contributed by atoms with E-state index in [-0.39, 0.29) is 0 Å². The molecule has 0 saturated carbocycles. The number of aryl methyl sites for hydroxylation is 2. The molecule has 0 aliphatic heterocycles. The molecule has 1 aliphatic rings. The Morgan fingerprint density at radius 1 is 0.897 bits per heavy atom. The summed E-state index contributed by atoms with van der Waals surface area (Å²) in [6.07, 6.45) is 13.5. The molecular weight excluding hydrogens is 422 g/mol. The highest BCUT2D eigenvalue weighted by Gasteiger charge is 2.06. The average Bonchev–Trinajstić information content (AvgIpc) is 2.76. The Bertz CT molecular complexity index is 906. The van der Waals surface area contributed by atoms with Gasteiger partial charge in [0.1, 0.15) is 5.69 Å². The van der Waals surface area contributed by atoms with Crippen LogP contribution in [0.25, 0.3) is 0 Å². The fourth-order valence-corrected chi connectivity index (χ4v) is 3.91. The van der Waals surface area contributed by atoms with E-state index in [4.69, 9.17) is 0 Å². The van der Waals surface area contributed by atoms with E-state index >= 15 is 0 Å². The predicted octanol–water partition coefficient (Wildman–Crippen LogP) is 6.29. The first-order valence-corrected chi connectivity index (χ1v) is 11.4. The maximum absolute atomic E-state index is 4.56. The Kier molecular flexibility index (Phi) is 8.31. The standard InChI is InChI=1S/C25H30BrN3/c1-29(2)19-27-25-17-15-23(26)24(28-25)16-13-20-12-14-21-10-8-6-4-3-5-7-9-11-22(21)18-20/h12,14-15,17-19H,3-11H2,1-2H3. The minimum atomic E-state index is 0.660. The highest BCUT2D eigenvalue weighted by molar-refractivity contribution is 9.10. The average molecular weight is 452 g/mol. The number of aromatic nitrogens is 1. The lowest BCUT2D eigenvalue weighted by atomic mass is 9.96. The zero-order valence-corrected chi connectivity index (χ0v) is 19.1. The number of pyridine rings is 1. The van der Waals surface area contributed by atoms with Gasteiger partial charge in [0.15, 0.2) is 5.82 Å². The fraction of sp³-hybridized carbons (Fsp3) is 0.440. The molecule has 0 atom stereocenters. The van der Waals surface area contributed by atoms with Gasteiger partial charge in [0.05, 0.1) is 10.8 Å². The Morgan fingerprint density at radius 2 is 1.59 bits per heavy atom. The molecule has 0 spiro atoms. The summed E-state index contributed by atoms with van der Waals surface area (Å²) in [6, 6.07) is 10.6. The zero-order chi connectivity index (χ0) is 20.5. The highest BCUT2D eigenvalue weighted by atomic mass is 79.9. The summed E-state index contributed by atoms with van der Waals surface area (Å²) < 4.78 is 0.893. The molecule has 1 heterocycles. The van der Waals surface area contributed by atoms with Gasteiger partial charge in [-0.3, -0.25) is 0 Å². The van der Waals surface area contributed by atoms with Crippen molar-refractivity contribution >= 4 is 28.1 Å². The van der Waals surface area contributed by atoms with E-state index in [0.29, 0.717) is 5.82 Å². The minimum absolute atomic E-state index is 0.660. The maximum Gasteiger partial charge on any atom is 0.155 e. The third-order valence-corrected chi connectivity index (χ3v) is 5.82. The molecule has 152 valence electrons. The van der Waals surface area contributed by atoms with Gasteiger partial charge >= 0.3 is 0 Å². The second-order valence-electron chi connectivity index (χ2n) is 7.92. The second kappa shape index (κ2) is 11.2. The van der Waals surface area contributed by atoms with Crippen molar-refractivity contribution < 1.29 is 0 Å². The number of benzene rings is 1. The molecule has 2 aromatic rings. The number of aliphatic imine (C=N–C) groups is 1. The van der Waals surface area contributed by atoms with Gasteiger partial charge in [-0.2, -0.15) is 0 Å². The molecule has 0 saturated heterocycles. The predicted molar refractivity (Wildman–Crippen MR) is 126 cm³/mol. The van der Waals surface area contributed by atoms with Gasteiger partial charge in [-0.1, -0.05) is 44.1 Å². The largest absolute Gasteiger partial charge is 0.369 e. The first-order valence-electron chi connectivity index (χ1n) is 10.6. The van der Waals surface area contributed by atoms with E-state index in [2.05, 4.69) is 55.9 Å². The van der Waals surface area contributed by atoms with Crippen LogP contribution in [0.2, 0.25) is 0 Å². The number of fused-ring (bicyclic) bond motifs is 1. The van der Waals surface area contributed by atoms with Crippen molar-refractivity contribution in [2.75, 3.05) is 14.1 Å². The summed E-state index contributed by atoms with van der Waals surface area (Å²) in [5.41, 5.74) is 4.77. The number of halogens is 1. The minimum Gasteiger partial charge on any atom is -0.369 e. The summed E-state index contributed by atoms with van der Waals surface area (Å²) in [5, 5.41) is 0. The fourth-order valence-electron chi connectivity index (χ4n) is 3.59. The van der Waals surface area contributed by atoms with Gasteiger partial charge in [-0.15, -0.1) is 0 Å². The van der Waals surface area contributed by atoms with Crippen molar-refractivity contribution in [3.8, 4) is 11.8 Å². The van der Waals surface area contributed by atoms with E-state index < -0.39 is 0 Å². The number of hydrogen-bond donors (Lipinski definition) is 0. The summed E-state index contributed by atoms with van der Waals surface area (Å²) in [7, 11) is 3.88. The van der Waals surface area contributed by atoms with Crippen LogP contribution in [0.4, 0.5) is 5.82 Å². The van der Waals surface area contributed by atoms with E-state index in [1.54, 1.807) is 6.34 Å². The molecule has 3 nitrogen and oxygen atoms in total. The van der Waals surface area contributed by atoms with Crippen LogP contribution in [-0.4, -0.2) is 30.3 Å². The smallest absolute Gasteiger partial charge is 0.155 e. The van der Waals surface area contributed by atoms with Crippen molar-refractivity contribution in [2.45, 2.75) is 57.8 Å². The summed E-state index contributed by atoms with van der Waals surface area (Å²) in [4.78, 5) is 10.8. The second-order valence-corrected chi connectivity index (χ2v) is 8.77. The Labute approximate surface area is 183 Å². The molecule has 0 radical (unpaired) electrons.